The lowest BCUT2D eigenvalue weighted by molar-refractivity contribution is -0.201. The van der Waals surface area contributed by atoms with Crippen LogP contribution in [0.1, 0.15) is 19.8 Å². The Morgan fingerprint density at radius 3 is 2.56 bits per heavy atom. The number of ether oxygens (including phenoxy) is 2. The smallest absolute Gasteiger partial charge is 0.391 e. The van der Waals surface area contributed by atoms with Crippen LogP contribution in [0.15, 0.2) is 0 Å². The zero-order valence-corrected chi connectivity index (χ0v) is 10.4. The van der Waals surface area contributed by atoms with Gasteiger partial charge in [0.2, 0.25) is 0 Å². The largest absolute Gasteiger partial charge is 0.469 e. The Bertz CT molecular complexity index is 329. The molecule has 6 heteroatoms. The number of esters is 1. The molecule has 1 heterocycles. The molecular weight excluding hydrogens is 249 g/mol. The molecule has 0 radical (unpaired) electrons. The van der Waals surface area contributed by atoms with Crippen LogP contribution in [0, 0.1) is 23.7 Å². The summed E-state index contributed by atoms with van der Waals surface area (Å²) >= 11 is 0. The highest BCUT2D eigenvalue weighted by Gasteiger charge is 2.54. The van der Waals surface area contributed by atoms with Crippen molar-refractivity contribution in [3.8, 4) is 0 Å². The molecule has 104 valence electrons. The average molecular weight is 266 g/mol. The summed E-state index contributed by atoms with van der Waals surface area (Å²) in [4.78, 5) is 11.7. The van der Waals surface area contributed by atoms with Gasteiger partial charge in [0.1, 0.15) is 0 Å². The van der Waals surface area contributed by atoms with E-state index >= 15 is 0 Å². The quantitative estimate of drug-likeness (QED) is 0.684. The molecule has 1 aliphatic carbocycles. The number of carbonyl (C=O) groups is 1. The molecule has 0 unspecified atom stereocenters. The van der Waals surface area contributed by atoms with E-state index in [0.29, 0.717) is 6.61 Å². The van der Waals surface area contributed by atoms with Crippen LogP contribution >= 0.6 is 0 Å². The van der Waals surface area contributed by atoms with Crippen LogP contribution in [0.3, 0.4) is 0 Å². The van der Waals surface area contributed by atoms with E-state index in [4.69, 9.17) is 4.74 Å². The molecule has 1 saturated carbocycles. The zero-order valence-electron chi connectivity index (χ0n) is 10.4. The highest BCUT2D eigenvalue weighted by atomic mass is 19.4. The maximum Gasteiger partial charge on any atom is 0.391 e. The maximum absolute atomic E-state index is 12.8. The van der Waals surface area contributed by atoms with Crippen LogP contribution in [0.2, 0.25) is 0 Å². The van der Waals surface area contributed by atoms with Crippen molar-refractivity contribution >= 4 is 5.97 Å². The van der Waals surface area contributed by atoms with Gasteiger partial charge in [-0.1, -0.05) is 6.92 Å². The number of hydrogen-bond donors (Lipinski definition) is 0. The Hall–Kier alpha value is -0.780. The van der Waals surface area contributed by atoms with E-state index in [2.05, 4.69) is 4.74 Å². The monoisotopic (exact) mass is 266 g/mol. The Labute approximate surface area is 104 Å². The number of methoxy groups -OCH3 is 1. The molecule has 1 saturated heterocycles. The molecule has 0 aromatic rings. The molecule has 2 aliphatic rings. The maximum atomic E-state index is 12.8. The fraction of sp³-hybridized carbons (Fsp3) is 0.917. The SMILES string of the molecule is COC(=O)[C@@H]1C[C@H](C(F)(F)F)C[C@@H]2OC[C@@H](C)[C@H]21. The first-order valence-corrected chi connectivity index (χ1v) is 6.10. The van der Waals surface area contributed by atoms with Gasteiger partial charge in [0.25, 0.3) is 0 Å². The second-order valence-electron chi connectivity index (χ2n) is 5.27. The van der Waals surface area contributed by atoms with Crippen LogP contribution in [-0.4, -0.2) is 32.0 Å². The van der Waals surface area contributed by atoms with Crippen molar-refractivity contribution in [3.05, 3.63) is 0 Å². The van der Waals surface area contributed by atoms with Crippen LogP contribution < -0.4 is 0 Å². The lowest BCUT2D eigenvalue weighted by Crippen LogP contribution is -2.44. The van der Waals surface area contributed by atoms with Crippen LogP contribution in [-0.2, 0) is 14.3 Å². The summed E-state index contributed by atoms with van der Waals surface area (Å²) in [6, 6.07) is 0. The normalized spacial score (nSPS) is 40.4. The Kier molecular flexibility index (Phi) is 3.58. The van der Waals surface area contributed by atoms with Gasteiger partial charge in [-0.05, 0) is 18.8 Å². The Balaban J connectivity index is 2.21. The van der Waals surface area contributed by atoms with E-state index in [9.17, 15) is 18.0 Å². The molecule has 0 amide bonds. The van der Waals surface area contributed by atoms with Crippen LogP contribution in [0.25, 0.3) is 0 Å². The number of hydrogen-bond acceptors (Lipinski definition) is 3. The highest BCUT2D eigenvalue weighted by molar-refractivity contribution is 5.73. The van der Waals surface area contributed by atoms with E-state index in [0.717, 1.165) is 0 Å². The lowest BCUT2D eigenvalue weighted by Gasteiger charge is -2.38. The van der Waals surface area contributed by atoms with Crippen molar-refractivity contribution < 1.29 is 27.4 Å². The number of alkyl halides is 3. The number of halogens is 3. The fourth-order valence-electron chi connectivity index (χ4n) is 3.26. The summed E-state index contributed by atoms with van der Waals surface area (Å²) in [5, 5.41) is 0. The number of rotatable bonds is 1. The molecule has 0 aromatic carbocycles. The molecule has 0 aromatic heterocycles. The molecule has 0 N–H and O–H groups in total. The highest BCUT2D eigenvalue weighted by Crippen LogP contribution is 2.48. The fourth-order valence-corrected chi connectivity index (χ4v) is 3.26. The van der Waals surface area contributed by atoms with Crippen molar-refractivity contribution in [2.24, 2.45) is 23.7 Å². The van der Waals surface area contributed by atoms with Gasteiger partial charge in [0.15, 0.2) is 0 Å². The predicted octanol–water partition coefficient (Wildman–Crippen LogP) is 2.40. The molecule has 2 rings (SSSR count). The van der Waals surface area contributed by atoms with Gasteiger partial charge in [0.05, 0.1) is 25.0 Å². The van der Waals surface area contributed by atoms with Gasteiger partial charge >= 0.3 is 12.1 Å². The third-order valence-corrected chi connectivity index (χ3v) is 4.15. The van der Waals surface area contributed by atoms with Gasteiger partial charge < -0.3 is 9.47 Å². The third-order valence-electron chi connectivity index (χ3n) is 4.15. The van der Waals surface area contributed by atoms with E-state index in [1.165, 1.54) is 7.11 Å². The lowest BCUT2D eigenvalue weighted by atomic mass is 9.69. The zero-order chi connectivity index (χ0) is 13.5. The first-order chi connectivity index (χ1) is 8.34. The number of carbonyl (C=O) groups excluding carboxylic acids is 1. The summed E-state index contributed by atoms with van der Waals surface area (Å²) in [6.45, 7) is 2.34. The van der Waals surface area contributed by atoms with E-state index in [-0.39, 0.29) is 24.7 Å². The van der Waals surface area contributed by atoms with E-state index < -0.39 is 30.1 Å². The second-order valence-corrected chi connectivity index (χ2v) is 5.27. The predicted molar refractivity (Wildman–Crippen MR) is 56.7 cm³/mol. The summed E-state index contributed by atoms with van der Waals surface area (Å²) < 4.78 is 48.5. The molecule has 0 spiro atoms. The molecule has 2 fully saturated rings. The summed E-state index contributed by atoms with van der Waals surface area (Å²) in [7, 11) is 1.22. The van der Waals surface area contributed by atoms with Crippen molar-refractivity contribution in [3.63, 3.8) is 0 Å². The molecule has 1 aliphatic heterocycles. The molecular formula is C12H17F3O3. The topological polar surface area (TPSA) is 35.5 Å². The van der Waals surface area contributed by atoms with E-state index in [1.54, 1.807) is 0 Å². The Morgan fingerprint density at radius 1 is 1.33 bits per heavy atom. The molecule has 0 bridgehead atoms. The van der Waals surface area contributed by atoms with Crippen LogP contribution in [0.5, 0.6) is 0 Å². The van der Waals surface area contributed by atoms with Gasteiger partial charge in [0, 0.05) is 12.5 Å². The minimum Gasteiger partial charge on any atom is -0.469 e. The standard InChI is InChI=1S/C12H17F3O3/c1-6-5-18-9-4-7(12(13,14)15)3-8(10(6)9)11(16)17-2/h6-10H,3-5H2,1-2H3/t6-,7+,8-,9+,10+/m1/s1. The molecule has 5 atom stereocenters. The molecule has 3 nitrogen and oxygen atoms in total. The Morgan fingerprint density at radius 2 is 2.00 bits per heavy atom. The average Bonchev–Trinajstić information content (AvgIpc) is 2.68. The van der Waals surface area contributed by atoms with Gasteiger partial charge in [-0.3, -0.25) is 4.79 Å². The van der Waals surface area contributed by atoms with Gasteiger partial charge in [-0.2, -0.15) is 13.2 Å². The van der Waals surface area contributed by atoms with Gasteiger partial charge in [-0.25, -0.2) is 0 Å². The van der Waals surface area contributed by atoms with E-state index in [1.807, 2.05) is 6.92 Å². The second kappa shape index (κ2) is 4.72. The van der Waals surface area contributed by atoms with Crippen molar-refractivity contribution in [1.82, 2.24) is 0 Å². The van der Waals surface area contributed by atoms with Gasteiger partial charge in [-0.15, -0.1) is 0 Å². The van der Waals surface area contributed by atoms with Crippen LogP contribution in [0.4, 0.5) is 13.2 Å². The van der Waals surface area contributed by atoms with Crippen molar-refractivity contribution in [2.75, 3.05) is 13.7 Å². The van der Waals surface area contributed by atoms with Crippen molar-refractivity contribution in [2.45, 2.75) is 32.0 Å². The number of fused-ring (bicyclic) bond motifs is 1. The minimum absolute atomic E-state index is 0.0357. The third kappa shape index (κ3) is 2.35. The van der Waals surface area contributed by atoms with Crippen molar-refractivity contribution in [1.29, 1.82) is 0 Å². The first kappa shape index (κ1) is 13.6. The molecule has 18 heavy (non-hydrogen) atoms. The summed E-state index contributed by atoms with van der Waals surface area (Å²) in [5.74, 6) is -2.74. The summed E-state index contributed by atoms with van der Waals surface area (Å²) in [5.41, 5.74) is 0. The summed E-state index contributed by atoms with van der Waals surface area (Å²) in [6.07, 6.45) is -4.95. The minimum atomic E-state index is -4.27. The first-order valence-electron chi connectivity index (χ1n) is 6.10.